The molecule has 0 aromatic rings. The molecule has 2 heterocycles. The Morgan fingerprint density at radius 3 is 2.89 bits per heavy atom. The second-order valence-corrected chi connectivity index (χ2v) is 6.37. The predicted molar refractivity (Wildman–Crippen MR) is 71.3 cm³/mol. The summed E-state index contributed by atoms with van der Waals surface area (Å²) < 4.78 is 5.19. The van der Waals surface area contributed by atoms with Crippen molar-refractivity contribution in [1.29, 1.82) is 0 Å². The molecule has 2 aliphatic heterocycles. The molecule has 2 rings (SSSR count). The lowest BCUT2D eigenvalue weighted by Gasteiger charge is -2.38. The molecule has 0 saturated carbocycles. The molecule has 2 unspecified atom stereocenters. The van der Waals surface area contributed by atoms with E-state index in [2.05, 4.69) is 24.5 Å². The summed E-state index contributed by atoms with van der Waals surface area (Å²) >= 11 is 0. The Balaban J connectivity index is 1.66. The van der Waals surface area contributed by atoms with E-state index in [9.17, 15) is 4.79 Å². The number of hydrogen-bond donors (Lipinski definition) is 2. The van der Waals surface area contributed by atoms with Gasteiger partial charge in [0.15, 0.2) is 0 Å². The fourth-order valence-corrected chi connectivity index (χ4v) is 2.76. The molecule has 2 atom stereocenters. The summed E-state index contributed by atoms with van der Waals surface area (Å²) in [4.78, 5) is 11.9. The van der Waals surface area contributed by atoms with E-state index in [0.29, 0.717) is 18.3 Å². The Morgan fingerprint density at radius 1 is 1.56 bits per heavy atom. The third kappa shape index (κ3) is 3.69. The number of ether oxygens (including phenoxy) is 1. The lowest BCUT2D eigenvalue weighted by Crippen LogP contribution is -2.49. The first-order chi connectivity index (χ1) is 8.59. The Hall–Kier alpha value is -0.610. The zero-order valence-electron chi connectivity index (χ0n) is 11.6. The summed E-state index contributed by atoms with van der Waals surface area (Å²) in [6.45, 7) is 8.86. The minimum Gasteiger partial charge on any atom is -0.380 e. The van der Waals surface area contributed by atoms with Crippen LogP contribution in [-0.4, -0.2) is 38.8 Å². The summed E-state index contributed by atoms with van der Waals surface area (Å²) in [6, 6.07) is 0. The number of carbonyl (C=O) groups excluding carboxylic acids is 1. The van der Waals surface area contributed by atoms with Crippen molar-refractivity contribution in [3.8, 4) is 0 Å². The van der Waals surface area contributed by atoms with Crippen molar-refractivity contribution in [3.05, 3.63) is 0 Å². The Labute approximate surface area is 110 Å². The van der Waals surface area contributed by atoms with Crippen LogP contribution in [0.15, 0.2) is 0 Å². The van der Waals surface area contributed by atoms with Crippen molar-refractivity contribution < 1.29 is 9.53 Å². The summed E-state index contributed by atoms with van der Waals surface area (Å²) in [5, 5.41) is 6.47. The van der Waals surface area contributed by atoms with Gasteiger partial charge in [0.1, 0.15) is 0 Å². The standard InChI is InChI=1S/C14H26N2O2/c1-11(12-4-3-5-15-7-12)6-13(17)16-8-14(2)9-18-10-14/h11-12,15H,3-10H2,1-2H3,(H,16,17). The molecule has 18 heavy (non-hydrogen) atoms. The van der Waals surface area contributed by atoms with Gasteiger partial charge in [-0.25, -0.2) is 0 Å². The van der Waals surface area contributed by atoms with E-state index in [1.54, 1.807) is 0 Å². The average molecular weight is 254 g/mol. The van der Waals surface area contributed by atoms with Gasteiger partial charge in [-0.05, 0) is 37.8 Å². The van der Waals surface area contributed by atoms with Crippen LogP contribution in [0.4, 0.5) is 0 Å². The van der Waals surface area contributed by atoms with Crippen molar-refractivity contribution >= 4 is 5.91 Å². The van der Waals surface area contributed by atoms with Gasteiger partial charge in [-0.2, -0.15) is 0 Å². The molecule has 0 radical (unpaired) electrons. The van der Waals surface area contributed by atoms with Crippen LogP contribution in [0.25, 0.3) is 0 Å². The Morgan fingerprint density at radius 2 is 2.33 bits per heavy atom. The fourth-order valence-electron chi connectivity index (χ4n) is 2.76. The summed E-state index contributed by atoms with van der Waals surface area (Å²) in [6.07, 6.45) is 3.16. The van der Waals surface area contributed by atoms with Crippen molar-refractivity contribution in [1.82, 2.24) is 10.6 Å². The van der Waals surface area contributed by atoms with Crippen LogP contribution in [0.3, 0.4) is 0 Å². The minimum atomic E-state index is 0.172. The second kappa shape index (κ2) is 6.02. The molecule has 1 amide bonds. The number of nitrogens with one attached hydrogen (secondary N) is 2. The summed E-state index contributed by atoms with van der Waals surface area (Å²) in [5.74, 6) is 1.33. The molecule has 104 valence electrons. The SMILES string of the molecule is CC(CC(=O)NCC1(C)COC1)C1CCCNC1. The van der Waals surface area contributed by atoms with Gasteiger partial charge >= 0.3 is 0 Å². The first-order valence-electron chi connectivity index (χ1n) is 7.14. The Bertz CT molecular complexity index is 284. The Kier molecular flexibility index (Phi) is 4.62. The van der Waals surface area contributed by atoms with E-state index < -0.39 is 0 Å². The van der Waals surface area contributed by atoms with Gasteiger partial charge in [-0.1, -0.05) is 13.8 Å². The molecular weight excluding hydrogens is 228 g/mol. The van der Waals surface area contributed by atoms with Crippen molar-refractivity contribution in [2.45, 2.75) is 33.1 Å². The molecule has 0 aliphatic carbocycles. The molecule has 0 aromatic carbocycles. The smallest absolute Gasteiger partial charge is 0.220 e. The van der Waals surface area contributed by atoms with Gasteiger partial charge in [0.05, 0.1) is 13.2 Å². The lowest BCUT2D eigenvalue weighted by atomic mass is 9.85. The van der Waals surface area contributed by atoms with Gasteiger partial charge < -0.3 is 15.4 Å². The quantitative estimate of drug-likeness (QED) is 0.774. The number of piperidine rings is 1. The highest BCUT2D eigenvalue weighted by Gasteiger charge is 2.33. The van der Waals surface area contributed by atoms with E-state index in [-0.39, 0.29) is 11.3 Å². The molecule has 2 N–H and O–H groups in total. The van der Waals surface area contributed by atoms with Gasteiger partial charge in [0.2, 0.25) is 5.91 Å². The van der Waals surface area contributed by atoms with Crippen LogP contribution < -0.4 is 10.6 Å². The highest BCUT2D eigenvalue weighted by Crippen LogP contribution is 2.26. The first kappa shape index (κ1) is 13.8. The maximum Gasteiger partial charge on any atom is 0.220 e. The lowest BCUT2D eigenvalue weighted by molar-refractivity contribution is -0.127. The number of amides is 1. The van der Waals surface area contributed by atoms with Crippen molar-refractivity contribution in [2.75, 3.05) is 32.8 Å². The third-order valence-electron chi connectivity index (χ3n) is 4.26. The molecule has 2 saturated heterocycles. The van der Waals surface area contributed by atoms with Crippen LogP contribution in [-0.2, 0) is 9.53 Å². The van der Waals surface area contributed by atoms with Gasteiger partial charge in [-0.15, -0.1) is 0 Å². The molecule has 4 nitrogen and oxygen atoms in total. The predicted octanol–water partition coefficient (Wildman–Crippen LogP) is 1.16. The first-order valence-corrected chi connectivity index (χ1v) is 7.14. The highest BCUT2D eigenvalue weighted by atomic mass is 16.5. The van der Waals surface area contributed by atoms with Crippen LogP contribution in [0, 0.1) is 17.3 Å². The van der Waals surface area contributed by atoms with E-state index >= 15 is 0 Å². The minimum absolute atomic E-state index is 0.172. The average Bonchev–Trinajstić information content (AvgIpc) is 2.35. The number of rotatable bonds is 5. The van der Waals surface area contributed by atoms with Gasteiger partial charge in [0.25, 0.3) is 0 Å². The second-order valence-electron chi connectivity index (χ2n) is 6.37. The normalized spacial score (nSPS) is 28.2. The molecule has 2 aliphatic rings. The van der Waals surface area contributed by atoms with E-state index in [0.717, 1.165) is 32.8 Å². The molecule has 0 bridgehead atoms. The molecule has 2 fully saturated rings. The van der Waals surface area contributed by atoms with Crippen LogP contribution in [0.5, 0.6) is 0 Å². The van der Waals surface area contributed by atoms with E-state index in [1.807, 2.05) is 0 Å². The highest BCUT2D eigenvalue weighted by molar-refractivity contribution is 5.76. The monoisotopic (exact) mass is 254 g/mol. The maximum absolute atomic E-state index is 11.9. The molecule has 0 aromatic heterocycles. The van der Waals surface area contributed by atoms with Crippen LogP contribution in [0.2, 0.25) is 0 Å². The summed E-state index contributed by atoms with van der Waals surface area (Å²) in [5.41, 5.74) is 0.172. The van der Waals surface area contributed by atoms with E-state index in [4.69, 9.17) is 4.74 Å². The zero-order chi connectivity index (χ0) is 13.0. The van der Waals surface area contributed by atoms with Gasteiger partial charge in [0, 0.05) is 18.4 Å². The fraction of sp³-hybridized carbons (Fsp3) is 0.929. The van der Waals surface area contributed by atoms with Gasteiger partial charge in [-0.3, -0.25) is 4.79 Å². The number of carbonyl (C=O) groups is 1. The zero-order valence-corrected chi connectivity index (χ0v) is 11.6. The van der Waals surface area contributed by atoms with Crippen LogP contribution in [0.1, 0.15) is 33.1 Å². The maximum atomic E-state index is 11.9. The van der Waals surface area contributed by atoms with Crippen molar-refractivity contribution in [3.63, 3.8) is 0 Å². The summed E-state index contributed by atoms with van der Waals surface area (Å²) in [7, 11) is 0. The largest absolute Gasteiger partial charge is 0.380 e. The third-order valence-corrected chi connectivity index (χ3v) is 4.26. The van der Waals surface area contributed by atoms with Crippen molar-refractivity contribution in [2.24, 2.45) is 17.3 Å². The topological polar surface area (TPSA) is 50.4 Å². The van der Waals surface area contributed by atoms with Crippen LogP contribution >= 0.6 is 0 Å². The molecule has 0 spiro atoms. The molecule has 4 heteroatoms. The van der Waals surface area contributed by atoms with E-state index in [1.165, 1.54) is 12.8 Å². The number of hydrogen-bond acceptors (Lipinski definition) is 3. The molecular formula is C14H26N2O2.